The van der Waals surface area contributed by atoms with Crippen molar-refractivity contribution in [2.75, 3.05) is 6.54 Å². The highest BCUT2D eigenvalue weighted by Crippen LogP contribution is 2.29. The van der Waals surface area contributed by atoms with E-state index >= 15 is 0 Å². The molecule has 4 heteroatoms. The highest BCUT2D eigenvalue weighted by atomic mass is 16.2. The van der Waals surface area contributed by atoms with Crippen LogP contribution in [0, 0.1) is 11.3 Å². The van der Waals surface area contributed by atoms with Gasteiger partial charge >= 0.3 is 6.03 Å². The molecule has 0 saturated carbocycles. The van der Waals surface area contributed by atoms with E-state index < -0.39 is 0 Å². The van der Waals surface area contributed by atoms with Gasteiger partial charge in [0, 0.05) is 6.54 Å². The van der Waals surface area contributed by atoms with E-state index in [-0.39, 0.29) is 17.5 Å². The first-order chi connectivity index (χ1) is 6.73. The Hall–Kier alpha value is -1.06. The molecule has 0 radical (unpaired) electrons. The predicted octanol–water partition coefficient (Wildman–Crippen LogP) is 1.85. The topological polar surface area (TPSA) is 58.7 Å². The molecule has 15 heavy (non-hydrogen) atoms. The SMILES string of the molecule is CC(C)CN1C(=O)N=C(N)C1C(C)(C)C. The third kappa shape index (κ3) is 2.49. The summed E-state index contributed by atoms with van der Waals surface area (Å²) in [7, 11) is 0. The van der Waals surface area contributed by atoms with Crippen LogP contribution in [0.4, 0.5) is 4.79 Å². The van der Waals surface area contributed by atoms with Crippen molar-refractivity contribution in [1.29, 1.82) is 0 Å². The molecule has 2 amide bonds. The van der Waals surface area contributed by atoms with E-state index in [0.717, 1.165) is 0 Å². The van der Waals surface area contributed by atoms with Gasteiger partial charge in [-0.3, -0.25) is 0 Å². The van der Waals surface area contributed by atoms with Crippen LogP contribution in [0.2, 0.25) is 0 Å². The Morgan fingerprint density at radius 2 is 2.00 bits per heavy atom. The normalized spacial score (nSPS) is 22.5. The Morgan fingerprint density at radius 1 is 1.47 bits per heavy atom. The van der Waals surface area contributed by atoms with Crippen molar-refractivity contribution in [1.82, 2.24) is 4.90 Å². The van der Waals surface area contributed by atoms with Crippen LogP contribution in [0.3, 0.4) is 0 Å². The van der Waals surface area contributed by atoms with Crippen LogP contribution in [0.15, 0.2) is 4.99 Å². The van der Waals surface area contributed by atoms with Crippen LogP contribution in [0.25, 0.3) is 0 Å². The average Bonchev–Trinajstić information content (AvgIpc) is 2.23. The summed E-state index contributed by atoms with van der Waals surface area (Å²) in [5.41, 5.74) is 5.75. The quantitative estimate of drug-likeness (QED) is 0.757. The molecule has 0 bridgehead atoms. The van der Waals surface area contributed by atoms with Crippen LogP contribution in [-0.4, -0.2) is 29.4 Å². The molecule has 1 rings (SSSR count). The van der Waals surface area contributed by atoms with Crippen LogP contribution < -0.4 is 5.73 Å². The lowest BCUT2D eigenvalue weighted by Gasteiger charge is -2.35. The highest BCUT2D eigenvalue weighted by Gasteiger charge is 2.41. The van der Waals surface area contributed by atoms with Crippen molar-refractivity contribution in [2.24, 2.45) is 22.1 Å². The predicted molar refractivity (Wildman–Crippen MR) is 61.8 cm³/mol. The molecular weight excluding hydrogens is 190 g/mol. The van der Waals surface area contributed by atoms with E-state index in [1.54, 1.807) is 4.90 Å². The first kappa shape index (κ1) is 12.0. The second-order valence-corrected chi connectivity index (χ2v) is 5.63. The maximum Gasteiger partial charge on any atom is 0.345 e. The molecule has 1 aliphatic rings. The lowest BCUT2D eigenvalue weighted by atomic mass is 9.85. The number of nitrogens with two attached hydrogens (primary N) is 1. The molecule has 1 unspecified atom stereocenters. The van der Waals surface area contributed by atoms with Gasteiger partial charge in [0.05, 0.1) is 6.04 Å². The number of amidine groups is 1. The van der Waals surface area contributed by atoms with Gasteiger partial charge < -0.3 is 10.6 Å². The average molecular weight is 211 g/mol. The summed E-state index contributed by atoms with van der Waals surface area (Å²) in [4.78, 5) is 17.3. The number of hydrogen-bond acceptors (Lipinski definition) is 2. The van der Waals surface area contributed by atoms with Gasteiger partial charge in [0.25, 0.3) is 0 Å². The van der Waals surface area contributed by atoms with Crippen molar-refractivity contribution < 1.29 is 4.79 Å². The van der Waals surface area contributed by atoms with Gasteiger partial charge in [-0.1, -0.05) is 34.6 Å². The van der Waals surface area contributed by atoms with Gasteiger partial charge in [0.15, 0.2) is 0 Å². The standard InChI is InChI=1S/C11H21N3O/c1-7(2)6-14-8(11(3,4)5)9(12)13-10(14)15/h7-8H,6H2,1-5H3,(H2,12,13,15). The molecular formula is C11H21N3O. The number of carbonyl (C=O) groups excluding carboxylic acids is 1. The van der Waals surface area contributed by atoms with E-state index in [1.165, 1.54) is 0 Å². The maximum atomic E-state index is 11.6. The Morgan fingerprint density at radius 3 is 2.40 bits per heavy atom. The van der Waals surface area contributed by atoms with Gasteiger partial charge in [-0.15, -0.1) is 0 Å². The van der Waals surface area contributed by atoms with Crippen LogP contribution in [-0.2, 0) is 0 Å². The first-order valence-electron chi connectivity index (χ1n) is 5.38. The number of rotatable bonds is 2. The number of urea groups is 1. The summed E-state index contributed by atoms with van der Waals surface area (Å²) in [6.45, 7) is 11.1. The van der Waals surface area contributed by atoms with Crippen molar-refractivity contribution in [2.45, 2.75) is 40.7 Å². The third-order valence-electron chi connectivity index (χ3n) is 2.44. The summed E-state index contributed by atoms with van der Waals surface area (Å²) in [5.74, 6) is 0.882. The molecule has 0 saturated heterocycles. The fourth-order valence-electron chi connectivity index (χ4n) is 1.99. The second kappa shape index (κ2) is 3.83. The Balaban J connectivity index is 2.91. The highest BCUT2D eigenvalue weighted by molar-refractivity contribution is 6.03. The molecule has 1 atom stereocenters. The zero-order valence-electron chi connectivity index (χ0n) is 10.2. The van der Waals surface area contributed by atoms with Gasteiger partial charge in [0.2, 0.25) is 0 Å². The van der Waals surface area contributed by atoms with E-state index in [2.05, 4.69) is 39.6 Å². The van der Waals surface area contributed by atoms with Crippen molar-refractivity contribution in [3.8, 4) is 0 Å². The van der Waals surface area contributed by atoms with Gasteiger partial charge in [0.1, 0.15) is 5.84 Å². The molecule has 0 aromatic heterocycles. The molecule has 1 heterocycles. The van der Waals surface area contributed by atoms with Crippen LogP contribution in [0.5, 0.6) is 0 Å². The lowest BCUT2D eigenvalue weighted by molar-refractivity contribution is 0.158. The zero-order valence-corrected chi connectivity index (χ0v) is 10.2. The third-order valence-corrected chi connectivity index (χ3v) is 2.44. The lowest BCUT2D eigenvalue weighted by Crippen LogP contribution is -2.49. The van der Waals surface area contributed by atoms with Crippen LogP contribution in [0.1, 0.15) is 34.6 Å². The van der Waals surface area contributed by atoms with Gasteiger partial charge in [-0.2, -0.15) is 4.99 Å². The van der Waals surface area contributed by atoms with Crippen molar-refractivity contribution in [3.63, 3.8) is 0 Å². The largest absolute Gasteiger partial charge is 0.385 e. The summed E-state index contributed by atoms with van der Waals surface area (Å²) in [6, 6.07) is -0.256. The number of nitrogens with zero attached hydrogens (tertiary/aromatic N) is 2. The van der Waals surface area contributed by atoms with E-state index in [1.807, 2.05) is 0 Å². The molecule has 0 aromatic carbocycles. The summed E-state index contributed by atoms with van der Waals surface area (Å²) in [6.07, 6.45) is 0. The fraction of sp³-hybridized carbons (Fsp3) is 0.818. The van der Waals surface area contributed by atoms with Crippen molar-refractivity contribution >= 4 is 11.9 Å². The number of carbonyl (C=O) groups is 1. The Bertz CT molecular complexity index is 289. The minimum Gasteiger partial charge on any atom is -0.385 e. The Labute approximate surface area is 91.5 Å². The van der Waals surface area contributed by atoms with Gasteiger partial charge in [-0.25, -0.2) is 4.79 Å². The molecule has 0 spiro atoms. The molecule has 86 valence electrons. The summed E-state index contributed by atoms with van der Waals surface area (Å²) >= 11 is 0. The zero-order chi connectivity index (χ0) is 11.8. The van der Waals surface area contributed by atoms with Crippen LogP contribution >= 0.6 is 0 Å². The minimum absolute atomic E-state index is 0.0609. The number of hydrogen-bond donors (Lipinski definition) is 1. The number of aliphatic imine (C=N–C) groups is 1. The molecule has 0 fully saturated rings. The summed E-state index contributed by atoms with van der Waals surface area (Å²) in [5, 5.41) is 0. The molecule has 4 nitrogen and oxygen atoms in total. The minimum atomic E-state index is -0.193. The van der Waals surface area contributed by atoms with Crippen molar-refractivity contribution in [3.05, 3.63) is 0 Å². The smallest absolute Gasteiger partial charge is 0.345 e. The Kier molecular flexibility index (Phi) is 3.07. The number of amides is 2. The summed E-state index contributed by atoms with van der Waals surface area (Å²) < 4.78 is 0. The maximum absolute atomic E-state index is 11.6. The molecule has 2 N–H and O–H groups in total. The van der Waals surface area contributed by atoms with E-state index in [0.29, 0.717) is 18.3 Å². The van der Waals surface area contributed by atoms with E-state index in [9.17, 15) is 4.79 Å². The molecule has 0 aromatic rings. The molecule has 0 aliphatic carbocycles. The molecule has 1 aliphatic heterocycles. The fourth-order valence-corrected chi connectivity index (χ4v) is 1.99. The second-order valence-electron chi connectivity index (χ2n) is 5.63. The van der Waals surface area contributed by atoms with E-state index in [4.69, 9.17) is 5.73 Å². The monoisotopic (exact) mass is 211 g/mol. The van der Waals surface area contributed by atoms with Gasteiger partial charge in [-0.05, 0) is 11.3 Å². The first-order valence-corrected chi connectivity index (χ1v) is 5.38.